The Bertz CT molecular complexity index is 1530. The topological polar surface area (TPSA) is 239 Å². The van der Waals surface area contributed by atoms with Crippen LogP contribution in [-0.4, -0.2) is 237 Å². The molecule has 4 aromatic rings. The summed E-state index contributed by atoms with van der Waals surface area (Å²) in [5.74, 6) is -3.70. The molecule has 0 spiro atoms. The summed E-state index contributed by atoms with van der Waals surface area (Å²) in [5.41, 5.74) is 0.352. The number of carbonyl (C=O) groups is 3. The van der Waals surface area contributed by atoms with E-state index in [4.69, 9.17) is 29.5 Å². The summed E-state index contributed by atoms with van der Waals surface area (Å²) in [6.45, 7) is -0.379. The molecule has 0 atom stereocenters. The number of carboxylic acid groups (broad SMARTS) is 3. The number of aromatic hydroxyl groups is 3. The van der Waals surface area contributed by atoms with Gasteiger partial charge in [0.25, 0.3) is 0 Å². The van der Waals surface area contributed by atoms with Crippen LogP contribution in [0.4, 0.5) is 0 Å². The van der Waals surface area contributed by atoms with Crippen molar-refractivity contribution in [2.75, 3.05) is 19.8 Å². The second kappa shape index (κ2) is 21.9. The third kappa shape index (κ3) is 13.5. The fourth-order valence-corrected chi connectivity index (χ4v) is 3.88. The third-order valence-electron chi connectivity index (χ3n) is 6.02. The van der Waals surface area contributed by atoms with Crippen LogP contribution in [0.5, 0.6) is 34.5 Å². The first-order valence-electron chi connectivity index (χ1n) is 13.3. The molecular formula is C30H30K3N3O12. The number of hydrogen-bond donors (Lipinski definition) is 6. The summed E-state index contributed by atoms with van der Waals surface area (Å²) in [4.78, 5) is 45.6. The first-order valence-corrected chi connectivity index (χ1v) is 13.3. The Kier molecular flexibility index (Phi) is 20.4. The van der Waals surface area contributed by atoms with Crippen molar-refractivity contribution in [3.63, 3.8) is 0 Å². The Hall–Kier alpha value is -1.21. The van der Waals surface area contributed by atoms with Gasteiger partial charge in [-0.3, -0.25) is 14.4 Å². The van der Waals surface area contributed by atoms with Crippen LogP contribution in [0.15, 0.2) is 54.6 Å². The van der Waals surface area contributed by atoms with E-state index in [0.29, 0.717) is 0 Å². The van der Waals surface area contributed by atoms with E-state index >= 15 is 0 Å². The van der Waals surface area contributed by atoms with Crippen molar-refractivity contribution in [1.29, 1.82) is 0 Å². The Morgan fingerprint density at radius 2 is 0.729 bits per heavy atom. The minimum atomic E-state index is -1.05. The first kappa shape index (κ1) is 44.8. The summed E-state index contributed by atoms with van der Waals surface area (Å²) in [5, 5.41) is 58.8. The molecular weight excluding hydrogens is 712 g/mol. The van der Waals surface area contributed by atoms with Crippen molar-refractivity contribution < 1.29 is 59.2 Å². The summed E-state index contributed by atoms with van der Waals surface area (Å²) < 4.78 is 16.1. The fourth-order valence-electron chi connectivity index (χ4n) is 3.88. The number of hydrogen-bond acceptors (Lipinski definition) is 12. The van der Waals surface area contributed by atoms with Crippen LogP contribution in [0.25, 0.3) is 34.2 Å². The average Bonchev–Trinajstić information content (AvgIpc) is 2.96. The second-order valence-electron chi connectivity index (χ2n) is 9.32. The van der Waals surface area contributed by atoms with Crippen molar-refractivity contribution in [3.05, 3.63) is 54.6 Å². The second-order valence-corrected chi connectivity index (χ2v) is 9.32. The molecule has 3 aromatic carbocycles. The Labute approximate surface area is 401 Å². The molecule has 0 bridgehead atoms. The molecule has 48 heavy (non-hydrogen) atoms. The zero-order valence-electron chi connectivity index (χ0n) is 23.4. The van der Waals surface area contributed by atoms with Gasteiger partial charge in [0.05, 0.1) is 55.8 Å². The molecule has 0 radical (unpaired) electrons. The molecule has 15 nitrogen and oxygen atoms in total. The maximum atomic E-state index is 10.8. The van der Waals surface area contributed by atoms with Gasteiger partial charge in [-0.05, 0) is 36.4 Å². The van der Waals surface area contributed by atoms with Gasteiger partial charge in [-0.1, -0.05) is 0 Å². The predicted molar refractivity (Wildman–Crippen MR) is 176 cm³/mol. The third-order valence-corrected chi connectivity index (χ3v) is 6.02. The van der Waals surface area contributed by atoms with E-state index in [1.807, 2.05) is 0 Å². The van der Waals surface area contributed by atoms with Gasteiger partial charge < -0.3 is 44.8 Å². The van der Waals surface area contributed by atoms with Gasteiger partial charge in [0.15, 0.2) is 17.5 Å². The van der Waals surface area contributed by atoms with Gasteiger partial charge in [-0.25, -0.2) is 15.0 Å². The van der Waals surface area contributed by atoms with E-state index in [0.717, 1.165) is 0 Å². The standard InChI is InChI=1S/C30H27N3O12.3K.3H/c34-22-13-16(43-10-7-25(37)38)1-4-19(22)28-31-29(20-5-2-17(14-23(20)35)44-11-8-26(39)40)33-30(32-28)21-6-3-18(15-24(21)36)45-12-9-27(41)42;;;;;;/h1-6,13-15,34-36H,7-12H2,(H,37,38)(H,39,40)(H,41,42);;;;;;. The van der Waals surface area contributed by atoms with Gasteiger partial charge in [-0.2, -0.15) is 0 Å². The number of ether oxygens (including phenoxy) is 3. The van der Waals surface area contributed by atoms with E-state index < -0.39 is 17.9 Å². The van der Waals surface area contributed by atoms with Gasteiger partial charge in [0.2, 0.25) is 0 Å². The first-order chi connectivity index (χ1) is 21.5. The number of nitrogens with zero attached hydrogens (tertiary/aromatic N) is 3. The van der Waals surface area contributed by atoms with E-state index in [-0.39, 0.29) is 262 Å². The van der Waals surface area contributed by atoms with Crippen molar-refractivity contribution >= 4 is 172 Å². The van der Waals surface area contributed by atoms with E-state index in [1.165, 1.54) is 54.6 Å². The van der Waals surface area contributed by atoms with Crippen LogP contribution < -0.4 is 14.2 Å². The Balaban J connectivity index is 0.00000384. The van der Waals surface area contributed by atoms with E-state index in [1.54, 1.807) is 0 Å². The molecule has 0 aliphatic heterocycles. The van der Waals surface area contributed by atoms with Crippen LogP contribution in [0, 0.1) is 0 Å². The Morgan fingerprint density at radius 3 is 0.938 bits per heavy atom. The number of phenolic OH excluding ortho intramolecular Hbond substituents is 3. The van der Waals surface area contributed by atoms with Crippen molar-refractivity contribution in [2.24, 2.45) is 0 Å². The number of aromatic nitrogens is 3. The van der Waals surface area contributed by atoms with Gasteiger partial charge in [-0.15, -0.1) is 0 Å². The van der Waals surface area contributed by atoms with Gasteiger partial charge >= 0.3 is 172 Å². The SMILES string of the molecule is O=C(O)CCOc1ccc(-c2nc(-c3ccc(OCCC(=O)O)cc3O)nc(-c3ccc(OCCC(=O)O)cc3O)n2)c(O)c1.[KH].[KH].[KH]. The molecule has 18 heteroatoms. The summed E-state index contributed by atoms with van der Waals surface area (Å²) in [6, 6.07) is 12.5. The minimum absolute atomic E-state index is 0. The van der Waals surface area contributed by atoms with Crippen molar-refractivity contribution in [3.8, 4) is 68.7 Å². The monoisotopic (exact) mass is 741 g/mol. The molecule has 240 valence electrons. The summed E-state index contributed by atoms with van der Waals surface area (Å²) in [6.07, 6.45) is -0.743. The van der Waals surface area contributed by atoms with Crippen molar-refractivity contribution in [2.45, 2.75) is 19.3 Å². The summed E-state index contributed by atoms with van der Waals surface area (Å²) >= 11 is 0. The maximum absolute atomic E-state index is 10.8. The number of phenols is 3. The molecule has 0 aliphatic rings. The van der Waals surface area contributed by atoms with Crippen LogP contribution in [0.3, 0.4) is 0 Å². The molecule has 4 rings (SSSR count). The average molecular weight is 742 g/mol. The fraction of sp³-hybridized carbons (Fsp3) is 0.200. The quantitative estimate of drug-likeness (QED) is 0.0949. The predicted octanol–water partition coefficient (Wildman–Crippen LogP) is 1.60. The molecule has 1 aromatic heterocycles. The zero-order valence-corrected chi connectivity index (χ0v) is 23.4. The molecule has 0 saturated heterocycles. The molecule has 0 fully saturated rings. The molecule has 0 saturated carbocycles. The Morgan fingerprint density at radius 1 is 0.479 bits per heavy atom. The van der Waals surface area contributed by atoms with Crippen molar-refractivity contribution in [1.82, 2.24) is 15.0 Å². The number of rotatable bonds is 15. The molecule has 1 heterocycles. The summed E-state index contributed by atoms with van der Waals surface area (Å²) in [7, 11) is 0. The zero-order chi connectivity index (χ0) is 32.5. The molecule has 0 aliphatic carbocycles. The van der Waals surface area contributed by atoms with Crippen LogP contribution >= 0.6 is 0 Å². The molecule has 0 unspecified atom stereocenters. The van der Waals surface area contributed by atoms with Gasteiger partial charge in [0, 0.05) is 18.2 Å². The number of benzene rings is 3. The normalized spacial score (nSPS) is 10.0. The number of aliphatic carboxylic acids is 3. The van der Waals surface area contributed by atoms with Crippen LogP contribution in [-0.2, 0) is 14.4 Å². The van der Waals surface area contributed by atoms with E-state index in [9.17, 15) is 29.7 Å². The van der Waals surface area contributed by atoms with Crippen LogP contribution in [0.2, 0.25) is 0 Å². The van der Waals surface area contributed by atoms with E-state index in [2.05, 4.69) is 15.0 Å². The molecule has 0 amide bonds. The van der Waals surface area contributed by atoms with Crippen LogP contribution in [0.1, 0.15) is 19.3 Å². The molecule has 6 N–H and O–H groups in total. The number of carboxylic acids is 3. The van der Waals surface area contributed by atoms with Gasteiger partial charge in [0.1, 0.15) is 34.5 Å².